The molecule has 0 amide bonds. The van der Waals surface area contributed by atoms with Gasteiger partial charge < -0.3 is 18.6 Å². The summed E-state index contributed by atoms with van der Waals surface area (Å²) in [7, 11) is 3.03. The van der Waals surface area contributed by atoms with Crippen LogP contribution in [0, 0.1) is 0 Å². The first-order valence-corrected chi connectivity index (χ1v) is 10.2. The van der Waals surface area contributed by atoms with Crippen LogP contribution in [0.5, 0.6) is 11.5 Å². The second-order valence-electron chi connectivity index (χ2n) is 7.22. The number of nitrogens with zero attached hydrogens (tertiary/aromatic N) is 3. The van der Waals surface area contributed by atoms with Crippen LogP contribution in [-0.2, 0) is 16.1 Å². The third-order valence-corrected chi connectivity index (χ3v) is 5.08. The molecule has 0 N–H and O–H groups in total. The minimum absolute atomic E-state index is 0.140. The highest BCUT2D eigenvalue weighted by atomic mass is 16.6. The van der Waals surface area contributed by atoms with E-state index in [2.05, 4.69) is 9.97 Å². The van der Waals surface area contributed by atoms with Gasteiger partial charge in [0.2, 0.25) is 5.89 Å². The molecule has 9 nitrogen and oxygen atoms in total. The zero-order valence-corrected chi connectivity index (χ0v) is 18.0. The van der Waals surface area contributed by atoms with Gasteiger partial charge in [0, 0.05) is 19.0 Å². The lowest BCUT2D eigenvalue weighted by atomic mass is 10.2. The van der Waals surface area contributed by atoms with Gasteiger partial charge in [-0.3, -0.25) is 14.2 Å². The van der Waals surface area contributed by atoms with Gasteiger partial charge in [0.25, 0.3) is 5.56 Å². The maximum Gasteiger partial charge on any atom is 0.306 e. The fourth-order valence-corrected chi connectivity index (χ4v) is 3.41. The van der Waals surface area contributed by atoms with Crippen molar-refractivity contribution in [3.63, 3.8) is 0 Å². The first kappa shape index (κ1) is 21.4. The first-order valence-electron chi connectivity index (χ1n) is 10.2. The maximum atomic E-state index is 12.8. The molecule has 0 aliphatic carbocycles. The van der Waals surface area contributed by atoms with Crippen LogP contribution in [0.1, 0.15) is 31.8 Å². The summed E-state index contributed by atoms with van der Waals surface area (Å²) in [6.45, 7) is 2.03. The Bertz CT molecular complexity index is 1290. The van der Waals surface area contributed by atoms with Crippen molar-refractivity contribution in [1.82, 2.24) is 14.5 Å². The Labute approximate surface area is 183 Å². The molecule has 0 unspecified atom stereocenters. The Morgan fingerprint density at radius 3 is 2.62 bits per heavy atom. The van der Waals surface area contributed by atoms with Gasteiger partial charge in [-0.2, -0.15) is 0 Å². The van der Waals surface area contributed by atoms with Crippen LogP contribution in [0.2, 0.25) is 0 Å². The number of hydrogen-bond donors (Lipinski definition) is 0. The molecule has 2 heterocycles. The molecule has 2 aromatic carbocycles. The average Bonchev–Trinajstić information content (AvgIpc) is 3.24. The highest BCUT2D eigenvalue weighted by molar-refractivity contribution is 5.81. The summed E-state index contributed by atoms with van der Waals surface area (Å²) in [4.78, 5) is 33.7. The number of para-hydroxylation sites is 2. The summed E-state index contributed by atoms with van der Waals surface area (Å²) in [5, 5.41) is 0.414. The number of ether oxygens (including phenoxy) is 3. The summed E-state index contributed by atoms with van der Waals surface area (Å²) in [6, 6.07) is 10.6. The van der Waals surface area contributed by atoms with E-state index < -0.39 is 12.1 Å². The molecule has 0 aliphatic rings. The molecule has 9 heteroatoms. The predicted octanol–water partition coefficient (Wildman–Crippen LogP) is 3.64. The van der Waals surface area contributed by atoms with Crippen molar-refractivity contribution in [2.75, 3.05) is 14.2 Å². The van der Waals surface area contributed by atoms with E-state index in [0.717, 1.165) is 0 Å². The predicted molar refractivity (Wildman–Crippen MR) is 117 cm³/mol. The van der Waals surface area contributed by atoms with E-state index in [1.165, 1.54) is 25.1 Å². The molecule has 0 aliphatic heterocycles. The number of oxazole rings is 1. The molecule has 1 atom stereocenters. The smallest absolute Gasteiger partial charge is 0.306 e. The molecule has 0 saturated heterocycles. The van der Waals surface area contributed by atoms with E-state index in [1.54, 1.807) is 25.1 Å². The standard InChI is InChI=1S/C23H23N3O6/c1-14(22-25-16-7-4-5-8-18(16)32-22)31-21(27)9-6-10-26-13-24-17-12-20(30-3)19(29-2)11-15(17)23(26)28/h4-5,7-8,11-14H,6,9-10H2,1-3H3/t14-/m1/s1. The fourth-order valence-electron chi connectivity index (χ4n) is 3.41. The van der Waals surface area contributed by atoms with Crippen molar-refractivity contribution in [2.24, 2.45) is 0 Å². The van der Waals surface area contributed by atoms with E-state index in [-0.39, 0.29) is 12.0 Å². The van der Waals surface area contributed by atoms with Gasteiger partial charge >= 0.3 is 5.97 Å². The van der Waals surface area contributed by atoms with Crippen molar-refractivity contribution in [3.05, 3.63) is 59.0 Å². The lowest BCUT2D eigenvalue weighted by Gasteiger charge is -2.11. The molecule has 32 heavy (non-hydrogen) atoms. The summed E-state index contributed by atoms with van der Waals surface area (Å²) in [5.74, 6) is 0.903. The van der Waals surface area contributed by atoms with Gasteiger partial charge in [-0.1, -0.05) is 12.1 Å². The summed E-state index contributed by atoms with van der Waals surface area (Å²) in [6.07, 6.45) is 1.41. The van der Waals surface area contributed by atoms with Gasteiger partial charge in [-0.25, -0.2) is 9.97 Å². The summed E-state index contributed by atoms with van der Waals surface area (Å²) >= 11 is 0. The number of benzene rings is 2. The van der Waals surface area contributed by atoms with Crippen LogP contribution in [0.4, 0.5) is 0 Å². The Hall–Kier alpha value is -3.88. The van der Waals surface area contributed by atoms with E-state index in [1.807, 2.05) is 18.2 Å². The fraction of sp³-hybridized carbons (Fsp3) is 0.304. The Morgan fingerprint density at radius 1 is 1.12 bits per heavy atom. The molecule has 0 spiro atoms. The number of aromatic nitrogens is 3. The van der Waals surface area contributed by atoms with Crippen molar-refractivity contribution >= 4 is 28.0 Å². The second-order valence-corrected chi connectivity index (χ2v) is 7.22. The first-order chi connectivity index (χ1) is 15.5. The average molecular weight is 437 g/mol. The number of esters is 1. The lowest BCUT2D eigenvalue weighted by molar-refractivity contribution is -0.149. The van der Waals surface area contributed by atoms with Crippen LogP contribution >= 0.6 is 0 Å². The quantitative estimate of drug-likeness (QED) is 0.385. The highest BCUT2D eigenvalue weighted by Crippen LogP contribution is 2.29. The van der Waals surface area contributed by atoms with Crippen molar-refractivity contribution < 1.29 is 23.4 Å². The van der Waals surface area contributed by atoms with E-state index in [0.29, 0.717) is 52.4 Å². The Morgan fingerprint density at radius 2 is 1.88 bits per heavy atom. The third-order valence-electron chi connectivity index (χ3n) is 5.08. The minimum Gasteiger partial charge on any atom is -0.493 e. The topological polar surface area (TPSA) is 106 Å². The third kappa shape index (κ3) is 4.27. The lowest BCUT2D eigenvalue weighted by Crippen LogP contribution is -2.21. The summed E-state index contributed by atoms with van der Waals surface area (Å²) in [5.41, 5.74) is 1.64. The maximum absolute atomic E-state index is 12.8. The number of carbonyl (C=O) groups excluding carboxylic acids is 1. The highest BCUT2D eigenvalue weighted by Gasteiger charge is 2.18. The number of fused-ring (bicyclic) bond motifs is 2. The number of aryl methyl sites for hydroxylation is 1. The number of methoxy groups -OCH3 is 2. The molecular weight excluding hydrogens is 414 g/mol. The largest absolute Gasteiger partial charge is 0.493 e. The molecule has 166 valence electrons. The number of carbonyl (C=O) groups is 1. The van der Waals surface area contributed by atoms with Crippen molar-refractivity contribution in [3.8, 4) is 11.5 Å². The SMILES string of the molecule is COc1cc2ncn(CCCC(=O)O[C@H](C)c3nc4ccccc4o3)c(=O)c2cc1OC. The number of hydrogen-bond acceptors (Lipinski definition) is 8. The van der Waals surface area contributed by atoms with Gasteiger partial charge in [0.05, 0.1) is 31.4 Å². The second kappa shape index (κ2) is 9.09. The van der Waals surface area contributed by atoms with Crippen molar-refractivity contribution in [2.45, 2.75) is 32.4 Å². The van der Waals surface area contributed by atoms with E-state index in [9.17, 15) is 9.59 Å². The Balaban J connectivity index is 1.38. The van der Waals surface area contributed by atoms with Crippen LogP contribution in [-0.4, -0.2) is 34.7 Å². The van der Waals surface area contributed by atoms with Gasteiger partial charge in [-0.05, 0) is 31.5 Å². The van der Waals surface area contributed by atoms with Crippen LogP contribution in [0.3, 0.4) is 0 Å². The van der Waals surface area contributed by atoms with Gasteiger partial charge in [-0.15, -0.1) is 0 Å². The summed E-state index contributed by atoms with van der Waals surface area (Å²) < 4.78 is 23.1. The molecule has 0 radical (unpaired) electrons. The molecule has 4 rings (SSSR count). The zero-order chi connectivity index (χ0) is 22.7. The van der Waals surface area contributed by atoms with Crippen molar-refractivity contribution in [1.29, 1.82) is 0 Å². The number of rotatable bonds is 8. The molecule has 0 saturated carbocycles. The van der Waals surface area contributed by atoms with Gasteiger partial charge in [0.1, 0.15) is 5.52 Å². The molecule has 0 fully saturated rings. The van der Waals surface area contributed by atoms with Crippen LogP contribution in [0.25, 0.3) is 22.0 Å². The molecule has 2 aromatic heterocycles. The van der Waals surface area contributed by atoms with Crippen LogP contribution < -0.4 is 15.0 Å². The van der Waals surface area contributed by atoms with Gasteiger partial charge in [0.15, 0.2) is 23.2 Å². The molecule has 0 bridgehead atoms. The molecular formula is C23H23N3O6. The normalized spacial score (nSPS) is 12.1. The monoisotopic (exact) mass is 437 g/mol. The van der Waals surface area contributed by atoms with E-state index >= 15 is 0 Å². The zero-order valence-electron chi connectivity index (χ0n) is 18.0. The minimum atomic E-state index is -0.609. The Kier molecular flexibility index (Phi) is 6.07. The molecule has 4 aromatic rings. The van der Waals surface area contributed by atoms with Crippen LogP contribution in [0.15, 0.2) is 51.9 Å². The van der Waals surface area contributed by atoms with E-state index in [4.69, 9.17) is 18.6 Å².